The van der Waals surface area contributed by atoms with E-state index in [4.69, 9.17) is 6.42 Å². The first-order valence-corrected chi connectivity index (χ1v) is 7.65. The van der Waals surface area contributed by atoms with Gasteiger partial charge in [0.1, 0.15) is 0 Å². The molecule has 2 nitrogen and oxygen atoms in total. The highest BCUT2D eigenvalue weighted by molar-refractivity contribution is 9.10. The van der Waals surface area contributed by atoms with Gasteiger partial charge >= 0.3 is 0 Å². The van der Waals surface area contributed by atoms with Gasteiger partial charge in [-0.05, 0) is 37.5 Å². The number of piperidine rings is 1. The van der Waals surface area contributed by atoms with Crippen molar-refractivity contribution in [1.82, 2.24) is 10.2 Å². The molecule has 102 valence electrons. The first-order valence-electron chi connectivity index (χ1n) is 6.86. The smallest absolute Gasteiger partial charge is 0.0598 e. The number of hydrogen-bond acceptors (Lipinski definition) is 2. The lowest BCUT2D eigenvalue weighted by atomic mass is 10.0. The van der Waals surface area contributed by atoms with Crippen molar-refractivity contribution < 1.29 is 0 Å². The Hall–Kier alpha value is -0.820. The SMILES string of the molecule is C#CCN1CCC(N[C@@H](C)c2cccc(Br)c2)CC1. The molecule has 0 aliphatic carbocycles. The molecule has 1 heterocycles. The Morgan fingerprint density at radius 1 is 1.47 bits per heavy atom. The molecule has 1 N–H and O–H groups in total. The molecule has 1 aliphatic heterocycles. The van der Waals surface area contributed by atoms with Crippen LogP contribution in [-0.2, 0) is 0 Å². The van der Waals surface area contributed by atoms with Gasteiger partial charge in [-0.1, -0.05) is 34.0 Å². The molecule has 0 aromatic heterocycles. The first-order chi connectivity index (χ1) is 9.19. The molecule has 1 aromatic rings. The van der Waals surface area contributed by atoms with Crippen LogP contribution in [0.4, 0.5) is 0 Å². The Bertz CT molecular complexity index is 444. The normalized spacial score (nSPS) is 19.0. The predicted molar refractivity (Wildman–Crippen MR) is 84.0 cm³/mol. The quantitative estimate of drug-likeness (QED) is 0.857. The number of nitrogens with zero attached hydrogens (tertiary/aromatic N) is 1. The summed E-state index contributed by atoms with van der Waals surface area (Å²) in [5, 5.41) is 3.73. The van der Waals surface area contributed by atoms with Gasteiger partial charge in [0.25, 0.3) is 0 Å². The summed E-state index contributed by atoms with van der Waals surface area (Å²) in [5.74, 6) is 2.73. The molecular weight excluding hydrogens is 300 g/mol. The number of benzene rings is 1. The molecule has 1 fully saturated rings. The Labute approximate surface area is 124 Å². The van der Waals surface area contributed by atoms with Gasteiger partial charge in [0, 0.05) is 29.6 Å². The van der Waals surface area contributed by atoms with Crippen molar-refractivity contribution in [1.29, 1.82) is 0 Å². The summed E-state index contributed by atoms with van der Waals surface area (Å²) in [6.45, 7) is 5.23. The molecule has 1 saturated heterocycles. The van der Waals surface area contributed by atoms with Crippen molar-refractivity contribution in [2.24, 2.45) is 0 Å². The first kappa shape index (κ1) is 14.6. The molecule has 2 rings (SSSR count). The highest BCUT2D eigenvalue weighted by Crippen LogP contribution is 2.20. The van der Waals surface area contributed by atoms with Gasteiger partial charge in [0.15, 0.2) is 0 Å². The number of likely N-dealkylation sites (tertiary alicyclic amines) is 1. The third kappa shape index (κ3) is 4.35. The van der Waals surface area contributed by atoms with Crippen LogP contribution in [0.25, 0.3) is 0 Å². The van der Waals surface area contributed by atoms with Crippen molar-refractivity contribution in [2.75, 3.05) is 19.6 Å². The van der Waals surface area contributed by atoms with Gasteiger partial charge in [0.05, 0.1) is 6.54 Å². The third-order valence-electron chi connectivity index (χ3n) is 3.74. The molecule has 0 bridgehead atoms. The molecule has 1 aliphatic rings. The average molecular weight is 321 g/mol. The fourth-order valence-electron chi connectivity index (χ4n) is 2.61. The van der Waals surface area contributed by atoms with Crippen LogP contribution < -0.4 is 5.32 Å². The zero-order chi connectivity index (χ0) is 13.7. The Balaban J connectivity index is 1.84. The van der Waals surface area contributed by atoms with Crippen LogP contribution in [0.1, 0.15) is 31.4 Å². The average Bonchev–Trinajstić information content (AvgIpc) is 2.41. The van der Waals surface area contributed by atoms with Gasteiger partial charge in [-0.2, -0.15) is 0 Å². The van der Waals surface area contributed by atoms with Crippen LogP contribution in [0.15, 0.2) is 28.7 Å². The van der Waals surface area contributed by atoms with Crippen LogP contribution in [-0.4, -0.2) is 30.6 Å². The van der Waals surface area contributed by atoms with Crippen molar-refractivity contribution in [3.8, 4) is 12.3 Å². The Morgan fingerprint density at radius 3 is 2.84 bits per heavy atom. The van der Waals surface area contributed by atoms with E-state index in [1.165, 1.54) is 18.4 Å². The zero-order valence-electron chi connectivity index (χ0n) is 11.4. The van der Waals surface area contributed by atoms with Crippen LogP contribution in [0.2, 0.25) is 0 Å². The molecular formula is C16H21BrN2. The maximum atomic E-state index is 5.35. The standard InChI is InChI=1S/C16H21BrN2/c1-3-9-19-10-7-16(8-11-19)18-13(2)14-5-4-6-15(17)12-14/h1,4-6,12-13,16,18H,7-11H2,2H3/t13-/m0/s1. The van der Waals surface area contributed by atoms with Crippen LogP contribution >= 0.6 is 15.9 Å². The van der Waals surface area contributed by atoms with E-state index in [0.29, 0.717) is 12.1 Å². The number of hydrogen-bond donors (Lipinski definition) is 1. The number of rotatable bonds is 4. The highest BCUT2D eigenvalue weighted by Gasteiger charge is 2.20. The van der Waals surface area contributed by atoms with Gasteiger partial charge in [0.2, 0.25) is 0 Å². The van der Waals surface area contributed by atoms with E-state index in [1.54, 1.807) is 0 Å². The number of terminal acetylenes is 1. The summed E-state index contributed by atoms with van der Waals surface area (Å²) in [4.78, 5) is 2.35. The van der Waals surface area contributed by atoms with E-state index in [2.05, 4.69) is 63.3 Å². The summed E-state index contributed by atoms with van der Waals surface area (Å²) >= 11 is 3.53. The summed E-state index contributed by atoms with van der Waals surface area (Å²) in [6, 6.07) is 9.51. The molecule has 0 saturated carbocycles. The summed E-state index contributed by atoms with van der Waals surface area (Å²) in [7, 11) is 0. The fourth-order valence-corrected chi connectivity index (χ4v) is 3.03. The van der Waals surface area contributed by atoms with Gasteiger partial charge in [-0.3, -0.25) is 4.90 Å². The van der Waals surface area contributed by atoms with Crippen molar-refractivity contribution in [3.05, 3.63) is 34.3 Å². The topological polar surface area (TPSA) is 15.3 Å². The molecule has 1 atom stereocenters. The molecule has 3 heteroatoms. The predicted octanol–water partition coefficient (Wildman–Crippen LogP) is 3.20. The largest absolute Gasteiger partial charge is 0.307 e. The van der Waals surface area contributed by atoms with Crippen molar-refractivity contribution in [2.45, 2.75) is 31.8 Å². The van der Waals surface area contributed by atoms with Crippen LogP contribution in [0, 0.1) is 12.3 Å². The minimum atomic E-state index is 0.390. The lowest BCUT2D eigenvalue weighted by Crippen LogP contribution is -2.43. The number of halogens is 1. The molecule has 0 unspecified atom stereocenters. The van der Waals surface area contributed by atoms with E-state index in [9.17, 15) is 0 Å². The second-order valence-corrected chi connectivity index (χ2v) is 6.11. The van der Waals surface area contributed by atoms with Crippen LogP contribution in [0.3, 0.4) is 0 Å². The minimum absolute atomic E-state index is 0.390. The van der Waals surface area contributed by atoms with E-state index in [1.807, 2.05) is 0 Å². The van der Waals surface area contributed by atoms with Gasteiger partial charge < -0.3 is 5.32 Å². The Kier molecular flexibility index (Phi) is 5.45. The molecule has 0 spiro atoms. The van der Waals surface area contributed by atoms with E-state index < -0.39 is 0 Å². The summed E-state index contributed by atoms with van der Waals surface area (Å²) in [6.07, 6.45) is 7.71. The second-order valence-electron chi connectivity index (χ2n) is 5.20. The second kappa shape index (κ2) is 7.09. The number of nitrogens with one attached hydrogen (secondary N) is 1. The van der Waals surface area contributed by atoms with Gasteiger partial charge in [-0.25, -0.2) is 0 Å². The summed E-state index contributed by atoms with van der Waals surface area (Å²) in [5.41, 5.74) is 1.33. The lowest BCUT2D eigenvalue weighted by Gasteiger charge is -2.33. The van der Waals surface area contributed by atoms with Gasteiger partial charge in [-0.15, -0.1) is 6.42 Å². The van der Waals surface area contributed by atoms with E-state index in [0.717, 1.165) is 24.1 Å². The van der Waals surface area contributed by atoms with Crippen molar-refractivity contribution >= 4 is 15.9 Å². The van der Waals surface area contributed by atoms with E-state index in [-0.39, 0.29) is 0 Å². The zero-order valence-corrected chi connectivity index (χ0v) is 13.0. The van der Waals surface area contributed by atoms with Crippen LogP contribution in [0.5, 0.6) is 0 Å². The maximum absolute atomic E-state index is 5.35. The Morgan fingerprint density at radius 2 is 2.21 bits per heavy atom. The fraction of sp³-hybridized carbons (Fsp3) is 0.500. The minimum Gasteiger partial charge on any atom is -0.307 e. The monoisotopic (exact) mass is 320 g/mol. The molecule has 0 amide bonds. The molecule has 0 radical (unpaired) electrons. The lowest BCUT2D eigenvalue weighted by molar-refractivity contribution is 0.211. The molecule has 1 aromatic carbocycles. The van der Waals surface area contributed by atoms with E-state index >= 15 is 0 Å². The summed E-state index contributed by atoms with van der Waals surface area (Å²) < 4.78 is 1.14. The molecule has 19 heavy (non-hydrogen) atoms. The maximum Gasteiger partial charge on any atom is 0.0598 e. The third-order valence-corrected chi connectivity index (χ3v) is 4.23. The van der Waals surface area contributed by atoms with Crippen molar-refractivity contribution in [3.63, 3.8) is 0 Å². The highest BCUT2D eigenvalue weighted by atomic mass is 79.9.